The molecular formula is C15H13NO5S. The number of oxazole rings is 1. The van der Waals surface area contributed by atoms with Crippen LogP contribution < -0.4 is 4.74 Å². The molecule has 3 rings (SSSR count). The van der Waals surface area contributed by atoms with Crippen LogP contribution in [0.4, 0.5) is 0 Å². The van der Waals surface area contributed by atoms with Crippen LogP contribution in [0.25, 0.3) is 21.2 Å². The summed E-state index contributed by atoms with van der Waals surface area (Å²) in [5.74, 6) is -1.32. The molecule has 0 aliphatic carbocycles. The fraction of sp³-hybridized carbons (Fsp3) is 0.267. The Morgan fingerprint density at radius 2 is 2.23 bits per heavy atom. The maximum Gasteiger partial charge on any atom is 0.306 e. The highest BCUT2D eigenvalue weighted by Crippen LogP contribution is 2.37. The van der Waals surface area contributed by atoms with E-state index >= 15 is 0 Å². The molecule has 1 atom stereocenters. The van der Waals surface area contributed by atoms with Crippen LogP contribution >= 0.6 is 11.3 Å². The molecule has 0 radical (unpaired) electrons. The van der Waals surface area contributed by atoms with Gasteiger partial charge in [0.15, 0.2) is 23.5 Å². The second kappa shape index (κ2) is 5.42. The van der Waals surface area contributed by atoms with Crippen molar-refractivity contribution in [3.05, 3.63) is 23.4 Å². The summed E-state index contributed by atoms with van der Waals surface area (Å²) >= 11 is 1.30. The lowest BCUT2D eigenvalue weighted by molar-refractivity contribution is -0.141. The van der Waals surface area contributed by atoms with Gasteiger partial charge in [0.05, 0.1) is 17.9 Å². The smallest absolute Gasteiger partial charge is 0.306 e. The number of ether oxygens (including phenoxy) is 1. The first kappa shape index (κ1) is 14.5. The zero-order chi connectivity index (χ0) is 15.9. The van der Waals surface area contributed by atoms with Gasteiger partial charge in [-0.1, -0.05) is 6.92 Å². The topological polar surface area (TPSA) is 89.6 Å². The molecule has 0 unspecified atom stereocenters. The standard InChI is InChI=1S/C15H13NO5S/c1-7(15(18)19)3-9(17)12-4-8-11(22-12)5-10(20-2)14-13(8)16-6-21-14/h4-7H,3H2,1-2H3,(H,18,19)/t7-/m0/s1. The summed E-state index contributed by atoms with van der Waals surface area (Å²) in [5, 5.41) is 9.72. The fourth-order valence-electron chi connectivity index (χ4n) is 2.25. The van der Waals surface area contributed by atoms with Crippen molar-refractivity contribution in [2.45, 2.75) is 13.3 Å². The molecule has 0 aliphatic heterocycles. The average Bonchev–Trinajstić information content (AvgIpc) is 3.11. The van der Waals surface area contributed by atoms with Gasteiger partial charge in [0.1, 0.15) is 5.52 Å². The molecule has 0 saturated carbocycles. The number of carboxylic acid groups (broad SMARTS) is 1. The SMILES string of the molecule is COc1cc2sc(C(=O)C[C@H](C)C(=O)O)cc2c2ncoc12. The molecular weight excluding hydrogens is 306 g/mol. The van der Waals surface area contributed by atoms with Crippen molar-refractivity contribution in [1.29, 1.82) is 0 Å². The summed E-state index contributed by atoms with van der Waals surface area (Å²) in [6.45, 7) is 1.52. The molecule has 1 aromatic carbocycles. The predicted octanol–water partition coefficient (Wildman–Crippen LogP) is 3.34. The number of Topliss-reactive ketones (excluding diaryl/α,β-unsaturated/α-hetero) is 1. The number of hydrogen-bond acceptors (Lipinski definition) is 6. The van der Waals surface area contributed by atoms with Crippen molar-refractivity contribution in [3.63, 3.8) is 0 Å². The minimum Gasteiger partial charge on any atom is -0.493 e. The largest absolute Gasteiger partial charge is 0.493 e. The molecule has 6 nitrogen and oxygen atoms in total. The Balaban J connectivity index is 2.06. The van der Waals surface area contributed by atoms with E-state index in [1.165, 1.54) is 31.8 Å². The molecule has 7 heteroatoms. The average molecular weight is 319 g/mol. The van der Waals surface area contributed by atoms with E-state index < -0.39 is 11.9 Å². The number of carbonyl (C=O) groups is 2. The number of fused-ring (bicyclic) bond motifs is 3. The number of rotatable bonds is 5. The van der Waals surface area contributed by atoms with E-state index in [0.717, 1.165) is 10.1 Å². The minimum absolute atomic E-state index is 0.0265. The molecule has 2 aromatic heterocycles. The van der Waals surface area contributed by atoms with Crippen LogP contribution in [-0.4, -0.2) is 29.0 Å². The Morgan fingerprint density at radius 3 is 2.91 bits per heavy atom. The van der Waals surface area contributed by atoms with E-state index in [9.17, 15) is 9.59 Å². The number of hydrogen-bond donors (Lipinski definition) is 1. The number of thiophene rings is 1. The molecule has 2 heterocycles. The summed E-state index contributed by atoms with van der Waals surface area (Å²) in [7, 11) is 1.54. The van der Waals surface area contributed by atoms with Crippen LogP contribution in [0, 0.1) is 5.92 Å². The van der Waals surface area contributed by atoms with Crippen LogP contribution in [0.5, 0.6) is 5.75 Å². The molecule has 0 fully saturated rings. The molecule has 0 spiro atoms. The summed E-state index contributed by atoms with van der Waals surface area (Å²) in [5.41, 5.74) is 1.17. The maximum absolute atomic E-state index is 12.2. The van der Waals surface area contributed by atoms with Gasteiger partial charge in [0, 0.05) is 22.6 Å². The fourth-order valence-corrected chi connectivity index (χ4v) is 3.29. The van der Waals surface area contributed by atoms with E-state index in [0.29, 0.717) is 21.7 Å². The van der Waals surface area contributed by atoms with Crippen molar-refractivity contribution < 1.29 is 23.8 Å². The van der Waals surface area contributed by atoms with Crippen molar-refractivity contribution in [3.8, 4) is 5.75 Å². The third-order valence-electron chi connectivity index (χ3n) is 3.48. The Labute approximate surface area is 129 Å². The van der Waals surface area contributed by atoms with Crippen LogP contribution in [0.1, 0.15) is 23.0 Å². The first-order chi connectivity index (χ1) is 10.5. The normalized spacial score (nSPS) is 12.6. The maximum atomic E-state index is 12.2. The third kappa shape index (κ3) is 2.33. The van der Waals surface area contributed by atoms with Gasteiger partial charge in [-0.15, -0.1) is 11.3 Å². The number of aliphatic carboxylic acids is 1. The lowest BCUT2D eigenvalue weighted by Crippen LogP contribution is -2.13. The van der Waals surface area contributed by atoms with Gasteiger partial charge in [0.25, 0.3) is 0 Å². The molecule has 114 valence electrons. The van der Waals surface area contributed by atoms with Gasteiger partial charge < -0.3 is 14.3 Å². The molecule has 0 saturated heterocycles. The summed E-state index contributed by atoms with van der Waals surface area (Å²) in [6, 6.07) is 3.53. The van der Waals surface area contributed by atoms with Crippen LogP contribution in [0.3, 0.4) is 0 Å². The van der Waals surface area contributed by atoms with Crippen LogP contribution in [0.2, 0.25) is 0 Å². The van der Waals surface area contributed by atoms with Gasteiger partial charge in [-0.05, 0) is 6.07 Å². The molecule has 3 aromatic rings. The first-order valence-electron chi connectivity index (χ1n) is 6.61. The van der Waals surface area contributed by atoms with E-state index in [1.807, 2.05) is 0 Å². The highest BCUT2D eigenvalue weighted by atomic mass is 32.1. The lowest BCUT2D eigenvalue weighted by Gasteiger charge is -2.02. The number of ketones is 1. The van der Waals surface area contributed by atoms with Crippen molar-refractivity contribution in [1.82, 2.24) is 4.98 Å². The molecule has 0 amide bonds. The number of carboxylic acids is 1. The van der Waals surface area contributed by atoms with Crippen molar-refractivity contribution in [2.75, 3.05) is 7.11 Å². The zero-order valence-electron chi connectivity index (χ0n) is 12.0. The summed E-state index contributed by atoms with van der Waals surface area (Å²) in [6.07, 6.45) is 1.31. The Kier molecular flexibility index (Phi) is 3.58. The van der Waals surface area contributed by atoms with E-state index in [1.54, 1.807) is 12.1 Å². The third-order valence-corrected chi connectivity index (χ3v) is 4.60. The lowest BCUT2D eigenvalue weighted by atomic mass is 10.0. The van der Waals surface area contributed by atoms with Gasteiger partial charge in [-0.3, -0.25) is 9.59 Å². The second-order valence-corrected chi connectivity index (χ2v) is 6.08. The van der Waals surface area contributed by atoms with Crippen molar-refractivity contribution >= 4 is 44.3 Å². The van der Waals surface area contributed by atoms with Crippen molar-refractivity contribution in [2.24, 2.45) is 5.92 Å². The first-order valence-corrected chi connectivity index (χ1v) is 7.42. The minimum atomic E-state index is -0.977. The number of aromatic nitrogens is 1. The zero-order valence-corrected chi connectivity index (χ0v) is 12.8. The van der Waals surface area contributed by atoms with Gasteiger partial charge in [-0.2, -0.15) is 0 Å². The van der Waals surface area contributed by atoms with E-state index in [2.05, 4.69) is 4.98 Å². The summed E-state index contributed by atoms with van der Waals surface area (Å²) < 4.78 is 11.4. The molecule has 0 bridgehead atoms. The molecule has 1 N–H and O–H groups in total. The number of methoxy groups -OCH3 is 1. The number of carbonyl (C=O) groups excluding carboxylic acids is 1. The highest BCUT2D eigenvalue weighted by Gasteiger charge is 2.21. The predicted molar refractivity (Wildman–Crippen MR) is 81.7 cm³/mol. The number of nitrogens with zero attached hydrogens (tertiary/aromatic N) is 1. The quantitative estimate of drug-likeness (QED) is 0.725. The molecule has 0 aliphatic rings. The monoisotopic (exact) mass is 319 g/mol. The van der Waals surface area contributed by atoms with Crippen LogP contribution in [-0.2, 0) is 4.79 Å². The summed E-state index contributed by atoms with van der Waals surface area (Å²) in [4.78, 5) is 27.8. The Hall–Kier alpha value is -2.41. The van der Waals surface area contributed by atoms with Gasteiger partial charge in [-0.25, -0.2) is 4.98 Å². The Bertz CT molecular complexity index is 879. The Morgan fingerprint density at radius 1 is 1.45 bits per heavy atom. The van der Waals surface area contributed by atoms with Gasteiger partial charge >= 0.3 is 5.97 Å². The van der Waals surface area contributed by atoms with E-state index in [4.69, 9.17) is 14.3 Å². The molecule has 22 heavy (non-hydrogen) atoms. The highest BCUT2D eigenvalue weighted by molar-refractivity contribution is 7.21. The number of benzene rings is 1. The van der Waals surface area contributed by atoms with Gasteiger partial charge in [0.2, 0.25) is 0 Å². The van der Waals surface area contributed by atoms with E-state index in [-0.39, 0.29) is 12.2 Å². The second-order valence-electron chi connectivity index (χ2n) is 5.00. The van der Waals surface area contributed by atoms with Crippen LogP contribution in [0.15, 0.2) is 22.9 Å².